The van der Waals surface area contributed by atoms with E-state index in [4.69, 9.17) is 11.6 Å². The van der Waals surface area contributed by atoms with Crippen molar-refractivity contribution >= 4 is 46.7 Å². The highest BCUT2D eigenvalue weighted by molar-refractivity contribution is 7.99. The summed E-state index contributed by atoms with van der Waals surface area (Å²) < 4.78 is 0. The van der Waals surface area contributed by atoms with Gasteiger partial charge in [0.15, 0.2) is 5.16 Å². The van der Waals surface area contributed by atoms with E-state index in [0.29, 0.717) is 42.2 Å². The Balaban J connectivity index is 1.59. The van der Waals surface area contributed by atoms with Crippen molar-refractivity contribution in [2.45, 2.75) is 52.2 Å². The van der Waals surface area contributed by atoms with E-state index in [0.717, 1.165) is 11.3 Å². The summed E-state index contributed by atoms with van der Waals surface area (Å²) in [7, 11) is 0. The zero-order valence-corrected chi connectivity index (χ0v) is 21.5. The number of thioether (sulfide) groups is 1. The van der Waals surface area contributed by atoms with Crippen LogP contribution in [0.15, 0.2) is 35.5 Å². The molecule has 0 bridgehead atoms. The van der Waals surface area contributed by atoms with Crippen LogP contribution >= 0.6 is 23.4 Å². The number of benzene rings is 1. The molecular weight excluding hydrogens is 458 g/mol. The Hall–Kier alpha value is -2.32. The van der Waals surface area contributed by atoms with Crippen molar-refractivity contribution in [2.24, 2.45) is 5.41 Å². The van der Waals surface area contributed by atoms with Crippen LogP contribution in [-0.4, -0.2) is 58.1 Å². The molecule has 178 valence electrons. The SMILES string of the molecule is Cc1ccc(NC(=O)CSc2nc(Cl)cc(N3CCN(C(=O)CC(C)(C)C)C(C)C3)n2)cc1. The van der Waals surface area contributed by atoms with Crippen LogP contribution in [0, 0.1) is 12.3 Å². The van der Waals surface area contributed by atoms with E-state index in [1.165, 1.54) is 11.8 Å². The Labute approximate surface area is 205 Å². The van der Waals surface area contributed by atoms with Gasteiger partial charge in [0.1, 0.15) is 11.0 Å². The normalized spacial score (nSPS) is 16.6. The standard InChI is InChI=1S/C24H32ClN5O2S/c1-16-6-8-18(9-7-16)26-21(31)15-33-23-27-19(25)12-20(28-23)29-10-11-30(17(2)14-29)22(32)13-24(3,4)5/h6-9,12,17H,10-11,13-15H2,1-5H3,(H,26,31). The van der Waals surface area contributed by atoms with Gasteiger partial charge in [-0.2, -0.15) is 0 Å². The minimum Gasteiger partial charge on any atom is -0.353 e. The third kappa shape index (κ3) is 7.61. The first-order valence-electron chi connectivity index (χ1n) is 11.1. The molecule has 33 heavy (non-hydrogen) atoms. The molecule has 1 aliphatic rings. The minimum absolute atomic E-state index is 0.0357. The molecular formula is C24H32ClN5O2S. The summed E-state index contributed by atoms with van der Waals surface area (Å²) in [6.45, 7) is 12.3. The molecule has 1 atom stereocenters. The first kappa shape index (κ1) is 25.3. The Kier molecular flexibility index (Phi) is 8.23. The number of nitrogens with one attached hydrogen (secondary N) is 1. The third-order valence-electron chi connectivity index (χ3n) is 5.28. The van der Waals surface area contributed by atoms with Gasteiger partial charge in [-0.15, -0.1) is 0 Å². The van der Waals surface area contributed by atoms with Gasteiger partial charge >= 0.3 is 0 Å². The van der Waals surface area contributed by atoms with Gasteiger partial charge in [-0.3, -0.25) is 9.59 Å². The molecule has 3 rings (SSSR count). The van der Waals surface area contributed by atoms with Crippen LogP contribution in [0.3, 0.4) is 0 Å². The third-order valence-corrected chi connectivity index (χ3v) is 6.32. The summed E-state index contributed by atoms with van der Waals surface area (Å²) in [6.07, 6.45) is 0.530. The lowest BCUT2D eigenvalue weighted by molar-refractivity contribution is -0.135. The van der Waals surface area contributed by atoms with Gasteiger partial charge in [-0.25, -0.2) is 9.97 Å². The fraction of sp³-hybridized carbons (Fsp3) is 0.500. The number of carbonyl (C=O) groups is 2. The van der Waals surface area contributed by atoms with Crippen molar-refractivity contribution in [2.75, 3.05) is 35.6 Å². The van der Waals surface area contributed by atoms with Crippen LogP contribution in [0.4, 0.5) is 11.5 Å². The second kappa shape index (κ2) is 10.7. The maximum Gasteiger partial charge on any atom is 0.234 e. The number of anilines is 2. The number of carbonyl (C=O) groups excluding carboxylic acids is 2. The first-order chi connectivity index (χ1) is 15.5. The predicted octanol–water partition coefficient (Wildman–Crippen LogP) is 4.64. The van der Waals surface area contributed by atoms with Gasteiger partial charge in [-0.1, -0.05) is 61.8 Å². The first-order valence-corrected chi connectivity index (χ1v) is 12.4. The van der Waals surface area contributed by atoms with Crippen molar-refractivity contribution in [3.05, 3.63) is 41.0 Å². The van der Waals surface area contributed by atoms with Crippen molar-refractivity contribution < 1.29 is 9.59 Å². The molecule has 0 spiro atoms. The smallest absolute Gasteiger partial charge is 0.234 e. The highest BCUT2D eigenvalue weighted by atomic mass is 35.5. The van der Waals surface area contributed by atoms with E-state index in [-0.39, 0.29) is 29.0 Å². The zero-order chi connectivity index (χ0) is 24.2. The van der Waals surface area contributed by atoms with E-state index >= 15 is 0 Å². The quantitative estimate of drug-likeness (QED) is 0.361. The van der Waals surface area contributed by atoms with Gasteiger partial charge in [-0.05, 0) is 31.4 Å². The van der Waals surface area contributed by atoms with E-state index in [1.54, 1.807) is 6.07 Å². The Bertz CT molecular complexity index is 993. The van der Waals surface area contributed by atoms with E-state index in [1.807, 2.05) is 36.1 Å². The van der Waals surface area contributed by atoms with Crippen molar-refractivity contribution in [1.82, 2.24) is 14.9 Å². The number of piperazine rings is 1. The van der Waals surface area contributed by atoms with Crippen molar-refractivity contribution in [3.63, 3.8) is 0 Å². The van der Waals surface area contributed by atoms with E-state index < -0.39 is 0 Å². The largest absolute Gasteiger partial charge is 0.353 e. The highest BCUT2D eigenvalue weighted by Crippen LogP contribution is 2.26. The molecule has 0 radical (unpaired) electrons. The molecule has 0 saturated carbocycles. The minimum atomic E-state index is -0.131. The molecule has 2 heterocycles. The van der Waals surface area contributed by atoms with Crippen LogP contribution in [-0.2, 0) is 9.59 Å². The lowest BCUT2D eigenvalue weighted by atomic mass is 9.91. The zero-order valence-electron chi connectivity index (χ0n) is 19.9. The summed E-state index contributed by atoms with van der Waals surface area (Å²) in [5, 5.41) is 3.66. The second-order valence-corrected chi connectivity index (χ2v) is 11.0. The predicted molar refractivity (Wildman–Crippen MR) is 135 cm³/mol. The van der Waals surface area contributed by atoms with E-state index in [2.05, 4.69) is 47.9 Å². The summed E-state index contributed by atoms with van der Waals surface area (Å²) in [5.41, 5.74) is 1.86. The lowest BCUT2D eigenvalue weighted by Gasteiger charge is -2.41. The molecule has 1 N–H and O–H groups in total. The highest BCUT2D eigenvalue weighted by Gasteiger charge is 2.30. The molecule has 1 aliphatic heterocycles. The van der Waals surface area contributed by atoms with Crippen LogP contribution in [0.25, 0.3) is 0 Å². The number of aryl methyl sites for hydroxylation is 1. The Morgan fingerprint density at radius 1 is 1.18 bits per heavy atom. The van der Waals surface area contributed by atoms with Crippen LogP contribution in [0.5, 0.6) is 0 Å². The summed E-state index contributed by atoms with van der Waals surface area (Å²) >= 11 is 7.51. The average molecular weight is 490 g/mol. The van der Waals surface area contributed by atoms with Gasteiger partial charge in [0.2, 0.25) is 11.8 Å². The average Bonchev–Trinajstić information content (AvgIpc) is 2.72. The van der Waals surface area contributed by atoms with Gasteiger partial charge in [0, 0.05) is 43.9 Å². The molecule has 1 aromatic carbocycles. The fourth-order valence-corrected chi connectivity index (χ4v) is 4.55. The van der Waals surface area contributed by atoms with Gasteiger partial charge in [0.25, 0.3) is 0 Å². The number of amides is 2. The topological polar surface area (TPSA) is 78.4 Å². The van der Waals surface area contributed by atoms with Crippen LogP contribution in [0.1, 0.15) is 39.7 Å². The lowest BCUT2D eigenvalue weighted by Crippen LogP contribution is -2.54. The van der Waals surface area contributed by atoms with Gasteiger partial charge < -0.3 is 15.1 Å². The number of nitrogens with zero attached hydrogens (tertiary/aromatic N) is 4. The monoisotopic (exact) mass is 489 g/mol. The number of aromatic nitrogens is 2. The Morgan fingerprint density at radius 2 is 1.88 bits per heavy atom. The number of hydrogen-bond acceptors (Lipinski definition) is 6. The van der Waals surface area contributed by atoms with Crippen molar-refractivity contribution in [1.29, 1.82) is 0 Å². The second-order valence-electron chi connectivity index (χ2n) is 9.65. The summed E-state index contributed by atoms with van der Waals surface area (Å²) in [4.78, 5) is 38.0. The number of halogens is 1. The molecule has 0 aliphatic carbocycles. The fourth-order valence-electron chi connectivity index (χ4n) is 3.67. The summed E-state index contributed by atoms with van der Waals surface area (Å²) in [5.74, 6) is 0.949. The molecule has 1 saturated heterocycles. The van der Waals surface area contributed by atoms with Gasteiger partial charge in [0.05, 0.1) is 5.75 Å². The van der Waals surface area contributed by atoms with Crippen LogP contribution in [0.2, 0.25) is 5.15 Å². The number of hydrogen-bond donors (Lipinski definition) is 1. The molecule has 9 heteroatoms. The number of rotatable bonds is 6. The van der Waals surface area contributed by atoms with Crippen LogP contribution < -0.4 is 10.2 Å². The Morgan fingerprint density at radius 3 is 2.52 bits per heavy atom. The van der Waals surface area contributed by atoms with E-state index in [9.17, 15) is 9.59 Å². The van der Waals surface area contributed by atoms with Crippen molar-refractivity contribution in [3.8, 4) is 0 Å². The molecule has 1 fully saturated rings. The maximum absolute atomic E-state index is 12.7. The molecule has 7 nitrogen and oxygen atoms in total. The summed E-state index contributed by atoms with van der Waals surface area (Å²) in [6, 6.07) is 9.45. The molecule has 2 aromatic rings. The maximum atomic E-state index is 12.7. The molecule has 1 unspecified atom stereocenters. The molecule has 1 aromatic heterocycles. The molecule has 2 amide bonds.